The monoisotopic (exact) mass is 687 g/mol. The second-order valence-electron chi connectivity index (χ2n) is 14.0. The number of nitrogens with zero attached hydrogens (tertiary/aromatic N) is 3. The molecule has 0 spiro atoms. The van der Waals surface area contributed by atoms with Crippen LogP contribution >= 0.6 is 0 Å². The fraction of sp³-hybridized carbons (Fsp3) is 0. The number of hydrogen-bond acceptors (Lipinski definition) is 1. The first-order chi connectivity index (χ1) is 26.8. The van der Waals surface area contributed by atoms with Crippen molar-refractivity contribution >= 4 is 54.5 Å². The molecule has 0 atom stereocenters. The Morgan fingerprint density at radius 2 is 0.926 bits per heavy atom. The largest absolute Gasteiger partial charge is 0.309 e. The number of hydrogen-bond donors (Lipinski definition) is 0. The van der Waals surface area contributed by atoms with Crippen LogP contribution in [0, 0.1) is 0 Å². The maximum Gasteiger partial charge on any atom is 0.0802 e. The first-order valence-electron chi connectivity index (χ1n) is 18.5. The van der Waals surface area contributed by atoms with Gasteiger partial charge in [-0.05, 0) is 94.0 Å². The Bertz CT molecular complexity index is 3190. The average Bonchev–Trinajstić information content (AvgIpc) is 3.77. The Hall–Kier alpha value is -7.23. The average molecular weight is 688 g/mol. The molecule has 0 aliphatic rings. The molecule has 0 radical (unpaired) electrons. The molecular weight excluding hydrogens is 655 g/mol. The van der Waals surface area contributed by atoms with Crippen LogP contribution in [0.3, 0.4) is 0 Å². The second kappa shape index (κ2) is 12.2. The topological polar surface area (TPSA) is 22.8 Å². The third-order valence-electron chi connectivity index (χ3n) is 11.0. The lowest BCUT2D eigenvalue weighted by atomic mass is 10.0. The molecule has 8 aromatic carbocycles. The van der Waals surface area contributed by atoms with Crippen LogP contribution in [0.15, 0.2) is 200 Å². The quantitative estimate of drug-likeness (QED) is 0.177. The Morgan fingerprint density at radius 3 is 1.76 bits per heavy atom. The molecule has 3 nitrogen and oxygen atoms in total. The molecule has 0 bridgehead atoms. The van der Waals surface area contributed by atoms with E-state index in [2.05, 4.69) is 197 Å². The first kappa shape index (κ1) is 30.4. The molecule has 0 N–H and O–H groups in total. The van der Waals surface area contributed by atoms with Gasteiger partial charge < -0.3 is 9.13 Å². The SMILES string of the molecule is c1ccc(-c2ccc(-n3c4cc(-c5ccc6c(c5)c5ccccc5n6-c5cccc(-c6ccccc6)c5)ccc4c4c5ncccc5ccc43)cc2)cc1. The standard InChI is InChI=1S/C51H33N3/c1-3-11-34(12-4-1)36-20-25-41(26-21-36)53-48-29-23-37-16-10-30-52-51(37)50(48)44-27-22-40(33-49(44)53)39-24-28-47-45(32-39)43-18-7-8-19-46(43)54(47)42-17-9-15-38(31-42)35-13-5-2-6-14-35/h1-33H. The summed E-state index contributed by atoms with van der Waals surface area (Å²) in [5, 5.41) is 5.99. The summed E-state index contributed by atoms with van der Waals surface area (Å²) in [4.78, 5) is 4.90. The molecule has 3 heteroatoms. The molecule has 0 saturated carbocycles. The van der Waals surface area contributed by atoms with Gasteiger partial charge in [-0.2, -0.15) is 0 Å². The van der Waals surface area contributed by atoms with E-state index in [1.807, 2.05) is 12.3 Å². The van der Waals surface area contributed by atoms with Gasteiger partial charge in [-0.3, -0.25) is 4.98 Å². The van der Waals surface area contributed by atoms with E-state index >= 15 is 0 Å². The molecule has 0 amide bonds. The summed E-state index contributed by atoms with van der Waals surface area (Å²) in [5.74, 6) is 0. The third kappa shape index (κ3) is 4.79. The number of para-hydroxylation sites is 1. The Balaban J connectivity index is 1.10. The first-order valence-corrected chi connectivity index (χ1v) is 18.5. The Morgan fingerprint density at radius 1 is 0.315 bits per heavy atom. The van der Waals surface area contributed by atoms with Crippen molar-refractivity contribution in [2.45, 2.75) is 0 Å². The van der Waals surface area contributed by atoms with Gasteiger partial charge in [0.15, 0.2) is 0 Å². The number of benzene rings is 8. The van der Waals surface area contributed by atoms with Crippen molar-refractivity contribution in [1.82, 2.24) is 14.1 Å². The maximum atomic E-state index is 4.90. The third-order valence-corrected chi connectivity index (χ3v) is 11.0. The molecule has 3 heterocycles. The van der Waals surface area contributed by atoms with Crippen LogP contribution in [-0.4, -0.2) is 14.1 Å². The van der Waals surface area contributed by atoms with Crippen molar-refractivity contribution < 1.29 is 0 Å². The molecule has 54 heavy (non-hydrogen) atoms. The fourth-order valence-corrected chi connectivity index (χ4v) is 8.42. The molecule has 0 aliphatic carbocycles. The van der Waals surface area contributed by atoms with Crippen molar-refractivity contribution in [2.75, 3.05) is 0 Å². The molecule has 0 unspecified atom stereocenters. The maximum absolute atomic E-state index is 4.90. The predicted octanol–water partition coefficient (Wildman–Crippen LogP) is 13.4. The van der Waals surface area contributed by atoms with E-state index < -0.39 is 0 Å². The Labute approximate surface area is 312 Å². The highest BCUT2D eigenvalue weighted by molar-refractivity contribution is 6.20. The van der Waals surface area contributed by atoms with Crippen molar-refractivity contribution in [3.63, 3.8) is 0 Å². The van der Waals surface area contributed by atoms with Crippen molar-refractivity contribution in [3.8, 4) is 44.8 Å². The Kier molecular flexibility index (Phi) is 6.86. The minimum absolute atomic E-state index is 1.03. The molecule has 252 valence electrons. The number of aromatic nitrogens is 3. The molecule has 0 aliphatic heterocycles. The van der Waals surface area contributed by atoms with E-state index in [0.29, 0.717) is 0 Å². The van der Waals surface area contributed by atoms with Gasteiger partial charge in [0.1, 0.15) is 0 Å². The van der Waals surface area contributed by atoms with E-state index in [-0.39, 0.29) is 0 Å². The van der Waals surface area contributed by atoms with Gasteiger partial charge in [0.25, 0.3) is 0 Å². The van der Waals surface area contributed by atoms with Gasteiger partial charge in [0.2, 0.25) is 0 Å². The lowest BCUT2D eigenvalue weighted by molar-refractivity contribution is 1.18. The fourth-order valence-electron chi connectivity index (χ4n) is 8.42. The van der Waals surface area contributed by atoms with E-state index in [0.717, 1.165) is 33.3 Å². The minimum Gasteiger partial charge on any atom is -0.309 e. The minimum atomic E-state index is 1.03. The smallest absolute Gasteiger partial charge is 0.0802 e. The lowest BCUT2D eigenvalue weighted by Gasteiger charge is -2.11. The molecule has 3 aromatic heterocycles. The zero-order valence-electron chi connectivity index (χ0n) is 29.4. The number of pyridine rings is 1. The summed E-state index contributed by atoms with van der Waals surface area (Å²) in [6, 6.07) is 70.2. The number of rotatable bonds is 5. The van der Waals surface area contributed by atoms with Crippen LogP contribution in [0.25, 0.3) is 99.3 Å². The summed E-state index contributed by atoms with van der Waals surface area (Å²) in [5.41, 5.74) is 15.2. The summed E-state index contributed by atoms with van der Waals surface area (Å²) in [7, 11) is 0. The van der Waals surface area contributed by atoms with Crippen LogP contribution in [0.4, 0.5) is 0 Å². The molecule has 0 fully saturated rings. The van der Waals surface area contributed by atoms with Crippen LogP contribution < -0.4 is 0 Å². The van der Waals surface area contributed by atoms with Gasteiger partial charge in [-0.1, -0.05) is 133 Å². The summed E-state index contributed by atoms with van der Waals surface area (Å²) in [6.07, 6.45) is 1.90. The van der Waals surface area contributed by atoms with Crippen molar-refractivity contribution in [3.05, 3.63) is 200 Å². The van der Waals surface area contributed by atoms with E-state index in [9.17, 15) is 0 Å². The van der Waals surface area contributed by atoms with Crippen LogP contribution in [0.1, 0.15) is 0 Å². The molecular formula is C51H33N3. The van der Waals surface area contributed by atoms with Gasteiger partial charge >= 0.3 is 0 Å². The van der Waals surface area contributed by atoms with Crippen molar-refractivity contribution in [1.29, 1.82) is 0 Å². The highest BCUT2D eigenvalue weighted by Crippen LogP contribution is 2.40. The zero-order chi connectivity index (χ0) is 35.6. The van der Waals surface area contributed by atoms with Crippen LogP contribution in [-0.2, 0) is 0 Å². The van der Waals surface area contributed by atoms with Gasteiger partial charge in [0.05, 0.1) is 27.6 Å². The van der Waals surface area contributed by atoms with Gasteiger partial charge in [0, 0.05) is 44.5 Å². The lowest BCUT2D eigenvalue weighted by Crippen LogP contribution is -1.95. The van der Waals surface area contributed by atoms with Crippen LogP contribution in [0.2, 0.25) is 0 Å². The molecule has 11 rings (SSSR count). The summed E-state index contributed by atoms with van der Waals surface area (Å²) >= 11 is 0. The van der Waals surface area contributed by atoms with E-state index in [1.54, 1.807) is 0 Å². The zero-order valence-corrected chi connectivity index (χ0v) is 29.4. The second-order valence-corrected chi connectivity index (χ2v) is 14.0. The molecule has 0 saturated heterocycles. The number of fused-ring (bicyclic) bond motifs is 8. The summed E-state index contributed by atoms with van der Waals surface area (Å²) in [6.45, 7) is 0. The summed E-state index contributed by atoms with van der Waals surface area (Å²) < 4.78 is 4.81. The van der Waals surface area contributed by atoms with E-state index in [1.165, 1.54) is 66.0 Å². The highest BCUT2D eigenvalue weighted by atomic mass is 15.0. The van der Waals surface area contributed by atoms with E-state index in [4.69, 9.17) is 4.98 Å². The van der Waals surface area contributed by atoms with Crippen LogP contribution in [0.5, 0.6) is 0 Å². The van der Waals surface area contributed by atoms with Crippen molar-refractivity contribution in [2.24, 2.45) is 0 Å². The van der Waals surface area contributed by atoms with Gasteiger partial charge in [-0.25, -0.2) is 0 Å². The van der Waals surface area contributed by atoms with Gasteiger partial charge in [-0.15, -0.1) is 0 Å². The predicted molar refractivity (Wildman–Crippen MR) is 227 cm³/mol. The highest BCUT2D eigenvalue weighted by Gasteiger charge is 2.18. The molecule has 11 aromatic rings. The normalized spacial score (nSPS) is 11.7.